The molecule has 0 saturated heterocycles. The summed E-state index contributed by atoms with van der Waals surface area (Å²) in [6.07, 6.45) is 1.91. The SMILES string of the molecule is Nc1nc(-c2ccccc2)cc(-c2cn(-c3ccccc3)nc2-c2ccc(F)cc2)n1. The highest BCUT2D eigenvalue weighted by atomic mass is 19.1. The van der Waals surface area contributed by atoms with Crippen molar-refractivity contribution in [2.45, 2.75) is 0 Å². The number of benzene rings is 3. The number of nitrogen functional groups attached to an aromatic ring is 1. The summed E-state index contributed by atoms with van der Waals surface area (Å²) < 4.78 is 15.3. The van der Waals surface area contributed by atoms with E-state index in [0.717, 1.165) is 28.1 Å². The van der Waals surface area contributed by atoms with Crippen molar-refractivity contribution in [1.29, 1.82) is 0 Å². The Labute approximate surface area is 178 Å². The average molecular weight is 407 g/mol. The number of para-hydroxylation sites is 1. The molecule has 5 nitrogen and oxygen atoms in total. The van der Waals surface area contributed by atoms with Gasteiger partial charge in [-0.25, -0.2) is 19.0 Å². The van der Waals surface area contributed by atoms with Gasteiger partial charge in [0.1, 0.15) is 11.5 Å². The third kappa shape index (κ3) is 3.79. The molecule has 2 aromatic heterocycles. The molecule has 0 aliphatic carbocycles. The summed E-state index contributed by atoms with van der Waals surface area (Å²) in [5, 5.41) is 4.78. The van der Waals surface area contributed by atoms with E-state index < -0.39 is 0 Å². The van der Waals surface area contributed by atoms with Gasteiger partial charge in [-0.05, 0) is 42.5 Å². The standard InChI is InChI=1S/C25H18FN5/c26-19-13-11-18(12-14-19)24-21(16-31(30-24)20-9-5-2-6-10-20)23-15-22(28-25(27)29-23)17-7-3-1-4-8-17/h1-16H,(H2,27,28,29). The molecule has 2 heterocycles. The molecule has 150 valence electrons. The van der Waals surface area contributed by atoms with Crippen molar-refractivity contribution in [3.8, 4) is 39.5 Å². The molecule has 0 amide bonds. The van der Waals surface area contributed by atoms with Crippen LogP contribution in [0.3, 0.4) is 0 Å². The zero-order valence-corrected chi connectivity index (χ0v) is 16.5. The monoisotopic (exact) mass is 407 g/mol. The van der Waals surface area contributed by atoms with E-state index in [1.165, 1.54) is 12.1 Å². The summed E-state index contributed by atoms with van der Waals surface area (Å²) >= 11 is 0. The molecule has 6 heteroatoms. The highest BCUT2D eigenvalue weighted by Gasteiger charge is 2.17. The predicted molar refractivity (Wildman–Crippen MR) is 120 cm³/mol. The Hall–Kier alpha value is -4.32. The van der Waals surface area contributed by atoms with Gasteiger partial charge in [0.05, 0.1) is 17.1 Å². The Morgan fingerprint density at radius 2 is 1.35 bits per heavy atom. The molecule has 5 rings (SSSR count). The molecule has 0 unspecified atom stereocenters. The molecule has 5 aromatic rings. The Morgan fingerprint density at radius 1 is 0.710 bits per heavy atom. The molecule has 31 heavy (non-hydrogen) atoms. The molecule has 3 aromatic carbocycles. The molecule has 0 bridgehead atoms. The fourth-order valence-electron chi connectivity index (χ4n) is 3.46. The van der Waals surface area contributed by atoms with E-state index in [1.54, 1.807) is 16.8 Å². The fourth-order valence-corrected chi connectivity index (χ4v) is 3.46. The lowest BCUT2D eigenvalue weighted by Crippen LogP contribution is -1.99. The Balaban J connectivity index is 1.70. The Bertz CT molecular complexity index is 1330. The first kappa shape index (κ1) is 18.7. The lowest BCUT2D eigenvalue weighted by atomic mass is 10.0. The van der Waals surface area contributed by atoms with Gasteiger partial charge in [0.2, 0.25) is 5.95 Å². The first-order valence-corrected chi connectivity index (χ1v) is 9.79. The molecular weight excluding hydrogens is 389 g/mol. The predicted octanol–water partition coefficient (Wildman–Crippen LogP) is 5.38. The molecule has 0 radical (unpaired) electrons. The normalized spacial score (nSPS) is 10.9. The van der Waals surface area contributed by atoms with Gasteiger partial charge in [-0.2, -0.15) is 5.10 Å². The van der Waals surface area contributed by atoms with Crippen molar-refractivity contribution in [3.63, 3.8) is 0 Å². The van der Waals surface area contributed by atoms with Gasteiger partial charge in [-0.1, -0.05) is 48.5 Å². The van der Waals surface area contributed by atoms with Crippen LogP contribution in [0.5, 0.6) is 0 Å². The van der Waals surface area contributed by atoms with Crippen molar-refractivity contribution in [3.05, 3.63) is 103 Å². The first-order chi connectivity index (χ1) is 15.2. The van der Waals surface area contributed by atoms with E-state index >= 15 is 0 Å². The van der Waals surface area contributed by atoms with Crippen LogP contribution in [0.15, 0.2) is 97.2 Å². The van der Waals surface area contributed by atoms with Gasteiger partial charge < -0.3 is 5.73 Å². The maximum Gasteiger partial charge on any atom is 0.221 e. The van der Waals surface area contributed by atoms with E-state index in [1.807, 2.05) is 72.9 Å². The summed E-state index contributed by atoms with van der Waals surface area (Å²) in [4.78, 5) is 8.88. The van der Waals surface area contributed by atoms with Crippen LogP contribution < -0.4 is 5.73 Å². The second kappa shape index (κ2) is 7.84. The number of rotatable bonds is 4. The molecule has 0 spiro atoms. The van der Waals surface area contributed by atoms with Gasteiger partial charge in [0.25, 0.3) is 0 Å². The fraction of sp³-hybridized carbons (Fsp3) is 0. The maximum absolute atomic E-state index is 13.5. The number of aromatic nitrogens is 4. The number of nitrogens with zero attached hydrogens (tertiary/aromatic N) is 4. The number of hydrogen-bond acceptors (Lipinski definition) is 4. The van der Waals surface area contributed by atoms with Crippen LogP contribution >= 0.6 is 0 Å². The third-order valence-corrected chi connectivity index (χ3v) is 4.94. The van der Waals surface area contributed by atoms with Gasteiger partial charge in [-0.3, -0.25) is 0 Å². The van der Waals surface area contributed by atoms with E-state index in [4.69, 9.17) is 10.8 Å². The van der Waals surface area contributed by atoms with Gasteiger partial charge >= 0.3 is 0 Å². The second-order valence-electron chi connectivity index (χ2n) is 7.04. The molecule has 0 fully saturated rings. The zero-order chi connectivity index (χ0) is 21.2. The third-order valence-electron chi connectivity index (χ3n) is 4.94. The lowest BCUT2D eigenvalue weighted by molar-refractivity contribution is 0.628. The molecule has 0 aliphatic heterocycles. The van der Waals surface area contributed by atoms with Gasteiger partial charge in [-0.15, -0.1) is 0 Å². The largest absolute Gasteiger partial charge is 0.368 e. The number of nitrogens with two attached hydrogens (primary N) is 1. The summed E-state index contributed by atoms with van der Waals surface area (Å²) in [5.74, 6) is -0.126. The van der Waals surface area contributed by atoms with Crippen molar-refractivity contribution in [2.75, 3.05) is 5.73 Å². The van der Waals surface area contributed by atoms with E-state index in [2.05, 4.69) is 9.97 Å². The molecule has 0 saturated carbocycles. The summed E-state index contributed by atoms with van der Waals surface area (Å²) in [7, 11) is 0. The number of anilines is 1. The van der Waals surface area contributed by atoms with Crippen LogP contribution in [0, 0.1) is 5.82 Å². The van der Waals surface area contributed by atoms with Crippen LogP contribution in [-0.4, -0.2) is 19.7 Å². The lowest BCUT2D eigenvalue weighted by Gasteiger charge is -2.07. The van der Waals surface area contributed by atoms with Crippen molar-refractivity contribution in [1.82, 2.24) is 19.7 Å². The van der Waals surface area contributed by atoms with Crippen LogP contribution in [0.2, 0.25) is 0 Å². The second-order valence-corrected chi connectivity index (χ2v) is 7.04. The highest BCUT2D eigenvalue weighted by Crippen LogP contribution is 2.33. The van der Waals surface area contributed by atoms with Crippen LogP contribution in [-0.2, 0) is 0 Å². The number of hydrogen-bond donors (Lipinski definition) is 1. The zero-order valence-electron chi connectivity index (χ0n) is 16.5. The van der Waals surface area contributed by atoms with Crippen LogP contribution in [0.25, 0.3) is 39.5 Å². The minimum atomic E-state index is -0.301. The molecule has 0 atom stereocenters. The average Bonchev–Trinajstić information content (AvgIpc) is 3.26. The Morgan fingerprint density at radius 3 is 2.06 bits per heavy atom. The van der Waals surface area contributed by atoms with Crippen molar-refractivity contribution < 1.29 is 4.39 Å². The van der Waals surface area contributed by atoms with Crippen LogP contribution in [0.4, 0.5) is 10.3 Å². The topological polar surface area (TPSA) is 69.6 Å². The van der Waals surface area contributed by atoms with Crippen molar-refractivity contribution in [2.24, 2.45) is 0 Å². The minimum absolute atomic E-state index is 0.175. The summed E-state index contributed by atoms with van der Waals surface area (Å²) in [6, 6.07) is 27.7. The summed E-state index contributed by atoms with van der Waals surface area (Å²) in [5.41, 5.74) is 11.5. The quantitative estimate of drug-likeness (QED) is 0.434. The van der Waals surface area contributed by atoms with E-state index in [9.17, 15) is 4.39 Å². The van der Waals surface area contributed by atoms with Crippen molar-refractivity contribution >= 4 is 5.95 Å². The van der Waals surface area contributed by atoms with E-state index in [0.29, 0.717) is 11.4 Å². The first-order valence-electron chi connectivity index (χ1n) is 9.79. The maximum atomic E-state index is 13.5. The van der Waals surface area contributed by atoms with Crippen LogP contribution in [0.1, 0.15) is 0 Å². The smallest absolute Gasteiger partial charge is 0.221 e. The minimum Gasteiger partial charge on any atom is -0.368 e. The molecule has 2 N–H and O–H groups in total. The van der Waals surface area contributed by atoms with Gasteiger partial charge in [0, 0.05) is 22.9 Å². The Kier molecular flexibility index (Phi) is 4.72. The molecular formula is C25H18FN5. The van der Waals surface area contributed by atoms with E-state index in [-0.39, 0.29) is 11.8 Å². The summed E-state index contributed by atoms with van der Waals surface area (Å²) in [6.45, 7) is 0. The number of halogens is 1. The van der Waals surface area contributed by atoms with Gasteiger partial charge in [0.15, 0.2) is 0 Å². The highest BCUT2D eigenvalue weighted by molar-refractivity contribution is 5.81. The molecule has 0 aliphatic rings.